The number of allylic oxidation sites excluding steroid dienone is 4. The standard InChI is InChI=1S/C16H14O3/c1-9-3-5-11-13(7-9)15(17)12-6-4-10(19-2)8-14(12)16(11)18/h3-8,11,13H,1-2H3. The lowest BCUT2D eigenvalue weighted by Gasteiger charge is -2.29. The minimum absolute atomic E-state index is 0.00139. The molecule has 2 aliphatic rings. The first kappa shape index (κ1) is 11.9. The van der Waals surface area contributed by atoms with Gasteiger partial charge < -0.3 is 4.74 Å². The molecule has 0 bridgehead atoms. The van der Waals surface area contributed by atoms with Gasteiger partial charge in [0, 0.05) is 11.1 Å². The van der Waals surface area contributed by atoms with Crippen LogP contribution in [0.5, 0.6) is 5.75 Å². The summed E-state index contributed by atoms with van der Waals surface area (Å²) >= 11 is 0. The first-order valence-electron chi connectivity index (χ1n) is 6.25. The fraction of sp³-hybridized carbons (Fsp3) is 0.250. The molecule has 96 valence electrons. The Morgan fingerprint density at radius 2 is 1.79 bits per heavy atom. The first-order valence-corrected chi connectivity index (χ1v) is 6.25. The van der Waals surface area contributed by atoms with Crippen LogP contribution in [-0.2, 0) is 0 Å². The quantitative estimate of drug-likeness (QED) is 0.774. The predicted molar refractivity (Wildman–Crippen MR) is 71.5 cm³/mol. The Hall–Kier alpha value is -2.16. The lowest BCUT2D eigenvalue weighted by atomic mass is 9.71. The van der Waals surface area contributed by atoms with Gasteiger partial charge in [-0.1, -0.05) is 23.8 Å². The molecular weight excluding hydrogens is 240 g/mol. The van der Waals surface area contributed by atoms with Gasteiger partial charge in [0.25, 0.3) is 0 Å². The molecule has 0 amide bonds. The van der Waals surface area contributed by atoms with Crippen molar-refractivity contribution in [3.05, 3.63) is 53.1 Å². The smallest absolute Gasteiger partial charge is 0.171 e. The molecule has 0 saturated heterocycles. The van der Waals surface area contributed by atoms with Crippen molar-refractivity contribution in [1.29, 1.82) is 0 Å². The normalized spacial score (nSPS) is 24.6. The van der Waals surface area contributed by atoms with Crippen LogP contribution >= 0.6 is 0 Å². The number of rotatable bonds is 1. The minimum atomic E-state index is -0.365. The maximum absolute atomic E-state index is 12.5. The lowest BCUT2D eigenvalue weighted by molar-refractivity contribution is 0.0800. The molecule has 3 heteroatoms. The van der Waals surface area contributed by atoms with Gasteiger partial charge in [-0.05, 0) is 25.1 Å². The fourth-order valence-corrected chi connectivity index (χ4v) is 2.74. The number of Topliss-reactive ketones (excluding diaryl/α,β-unsaturated/α-hetero) is 2. The second-order valence-electron chi connectivity index (χ2n) is 4.96. The molecule has 0 N–H and O–H groups in total. The second kappa shape index (κ2) is 4.19. The van der Waals surface area contributed by atoms with Gasteiger partial charge in [0.2, 0.25) is 0 Å². The van der Waals surface area contributed by atoms with Gasteiger partial charge in [0.1, 0.15) is 5.75 Å². The Bertz CT molecular complexity index is 637. The molecule has 3 rings (SSSR count). The van der Waals surface area contributed by atoms with Gasteiger partial charge in [0.15, 0.2) is 11.6 Å². The third-order valence-electron chi connectivity index (χ3n) is 3.76. The number of methoxy groups -OCH3 is 1. The van der Waals surface area contributed by atoms with E-state index in [1.54, 1.807) is 25.3 Å². The minimum Gasteiger partial charge on any atom is -0.497 e. The van der Waals surface area contributed by atoms with E-state index >= 15 is 0 Å². The average molecular weight is 254 g/mol. The van der Waals surface area contributed by atoms with Crippen molar-refractivity contribution in [2.24, 2.45) is 11.8 Å². The zero-order chi connectivity index (χ0) is 13.6. The van der Waals surface area contributed by atoms with Crippen molar-refractivity contribution in [2.45, 2.75) is 6.92 Å². The van der Waals surface area contributed by atoms with Crippen molar-refractivity contribution < 1.29 is 14.3 Å². The zero-order valence-corrected chi connectivity index (χ0v) is 10.8. The summed E-state index contributed by atoms with van der Waals surface area (Å²) in [4.78, 5) is 25.0. The molecule has 0 aromatic heterocycles. The molecule has 1 aromatic rings. The summed E-state index contributed by atoms with van der Waals surface area (Å²) in [5.41, 5.74) is 2.01. The third-order valence-corrected chi connectivity index (χ3v) is 3.76. The van der Waals surface area contributed by atoms with Crippen molar-refractivity contribution in [3.63, 3.8) is 0 Å². The zero-order valence-electron chi connectivity index (χ0n) is 10.8. The molecule has 0 fully saturated rings. The molecule has 0 radical (unpaired) electrons. The summed E-state index contributed by atoms with van der Waals surface area (Å²) in [6, 6.07) is 5.07. The van der Waals surface area contributed by atoms with Gasteiger partial charge in [-0.3, -0.25) is 9.59 Å². The van der Waals surface area contributed by atoms with Crippen LogP contribution in [0, 0.1) is 11.8 Å². The van der Waals surface area contributed by atoms with E-state index in [0.717, 1.165) is 5.57 Å². The largest absolute Gasteiger partial charge is 0.497 e. The number of benzene rings is 1. The highest BCUT2D eigenvalue weighted by molar-refractivity contribution is 6.17. The number of carbonyl (C=O) groups excluding carboxylic acids is 2. The van der Waals surface area contributed by atoms with E-state index in [1.165, 1.54) is 0 Å². The monoisotopic (exact) mass is 254 g/mol. The molecule has 0 aliphatic heterocycles. The Labute approximate surface area is 111 Å². The molecule has 3 nitrogen and oxygen atoms in total. The lowest BCUT2D eigenvalue weighted by Crippen LogP contribution is -2.35. The highest BCUT2D eigenvalue weighted by Gasteiger charge is 2.40. The van der Waals surface area contributed by atoms with Crippen LogP contribution in [0.25, 0.3) is 0 Å². The van der Waals surface area contributed by atoms with Gasteiger partial charge in [-0.25, -0.2) is 0 Å². The average Bonchev–Trinajstić information content (AvgIpc) is 2.44. The maximum atomic E-state index is 12.5. The van der Waals surface area contributed by atoms with Crippen LogP contribution in [0.15, 0.2) is 42.0 Å². The van der Waals surface area contributed by atoms with E-state index in [0.29, 0.717) is 16.9 Å². The van der Waals surface area contributed by atoms with Crippen LogP contribution in [0.4, 0.5) is 0 Å². The number of ketones is 2. The molecule has 2 aliphatic carbocycles. The Balaban J connectivity index is 2.15. The van der Waals surface area contributed by atoms with E-state index in [-0.39, 0.29) is 23.4 Å². The van der Waals surface area contributed by atoms with E-state index in [4.69, 9.17) is 4.74 Å². The van der Waals surface area contributed by atoms with Gasteiger partial charge in [0.05, 0.1) is 18.9 Å². The molecule has 2 unspecified atom stereocenters. The van der Waals surface area contributed by atoms with Crippen LogP contribution in [-0.4, -0.2) is 18.7 Å². The Morgan fingerprint density at radius 1 is 1.05 bits per heavy atom. The number of hydrogen-bond donors (Lipinski definition) is 0. The number of hydrogen-bond acceptors (Lipinski definition) is 3. The van der Waals surface area contributed by atoms with Crippen molar-refractivity contribution in [1.82, 2.24) is 0 Å². The summed E-state index contributed by atoms with van der Waals surface area (Å²) in [7, 11) is 1.55. The van der Waals surface area contributed by atoms with Crippen LogP contribution in [0.2, 0.25) is 0 Å². The van der Waals surface area contributed by atoms with Crippen molar-refractivity contribution >= 4 is 11.6 Å². The topological polar surface area (TPSA) is 43.4 Å². The molecular formula is C16H14O3. The fourth-order valence-electron chi connectivity index (χ4n) is 2.74. The molecule has 1 aromatic carbocycles. The predicted octanol–water partition coefficient (Wildman–Crippen LogP) is 2.82. The van der Waals surface area contributed by atoms with Gasteiger partial charge in [-0.2, -0.15) is 0 Å². The molecule has 0 spiro atoms. The molecule has 0 heterocycles. The summed E-state index contributed by atoms with van der Waals surface area (Å²) in [6.07, 6.45) is 5.62. The van der Waals surface area contributed by atoms with E-state index in [1.807, 2.05) is 25.2 Å². The third kappa shape index (κ3) is 1.73. The highest BCUT2D eigenvalue weighted by Crippen LogP contribution is 2.36. The summed E-state index contributed by atoms with van der Waals surface area (Å²) in [5, 5.41) is 0. The number of fused-ring (bicyclic) bond motifs is 2. The van der Waals surface area contributed by atoms with E-state index in [2.05, 4.69) is 0 Å². The van der Waals surface area contributed by atoms with E-state index in [9.17, 15) is 9.59 Å². The summed E-state index contributed by atoms with van der Waals surface area (Å²) in [5.74, 6) is -0.0940. The maximum Gasteiger partial charge on any atom is 0.171 e. The highest BCUT2D eigenvalue weighted by atomic mass is 16.5. The molecule has 0 saturated carbocycles. The SMILES string of the molecule is COc1ccc2c(c1)C(=O)C1C=CC(C)=CC1C2=O. The molecule has 19 heavy (non-hydrogen) atoms. The van der Waals surface area contributed by atoms with E-state index < -0.39 is 0 Å². The summed E-state index contributed by atoms with van der Waals surface area (Å²) < 4.78 is 5.12. The second-order valence-corrected chi connectivity index (χ2v) is 4.96. The Morgan fingerprint density at radius 3 is 2.53 bits per heavy atom. The summed E-state index contributed by atoms with van der Waals surface area (Å²) in [6.45, 7) is 1.94. The van der Waals surface area contributed by atoms with Gasteiger partial charge >= 0.3 is 0 Å². The van der Waals surface area contributed by atoms with Crippen LogP contribution in [0.1, 0.15) is 27.6 Å². The van der Waals surface area contributed by atoms with Crippen LogP contribution in [0.3, 0.4) is 0 Å². The first-order chi connectivity index (χ1) is 9.11. The number of ether oxygens (including phenoxy) is 1. The van der Waals surface area contributed by atoms with Gasteiger partial charge in [-0.15, -0.1) is 0 Å². The number of carbonyl (C=O) groups is 2. The van der Waals surface area contributed by atoms with Crippen molar-refractivity contribution in [3.8, 4) is 5.75 Å². The molecule has 2 atom stereocenters. The van der Waals surface area contributed by atoms with Crippen molar-refractivity contribution in [2.75, 3.05) is 7.11 Å². The van der Waals surface area contributed by atoms with Crippen LogP contribution < -0.4 is 4.74 Å². The Kier molecular flexibility index (Phi) is 2.63.